The highest BCUT2D eigenvalue weighted by Gasteiger charge is 2.33. The molecule has 99 heavy (non-hydrogen) atoms. The maximum Gasteiger partial charge on any atom is 0.267 e. The van der Waals surface area contributed by atoms with Gasteiger partial charge in [0.05, 0.1) is 59.4 Å². The molecular weight excluding hydrogens is 1250 g/mol. The van der Waals surface area contributed by atoms with Crippen molar-refractivity contribution in [2.75, 3.05) is 71.4 Å². The van der Waals surface area contributed by atoms with Crippen LogP contribution in [0.15, 0.2) is 213 Å². The molecule has 0 spiro atoms. The molecule has 0 atom stereocenters. The SMILES string of the molecule is Nc1ncnc2c1C(=O)N(c1ccc3c(ccn3-c3ccccc3O)c1)CCO2.Nc1ncnc2c1C(=O)N(c1ccc3c(ccn3-c3ccccc3OC3CCCC3)c1)CCO2.Nc1ncnc2c1C(=O)N(c1ccc3c(ccn3-c3ccccc3OCc3ccccc3)c1)CCO2. The van der Waals surface area contributed by atoms with Crippen LogP contribution < -0.4 is 55.6 Å². The largest absolute Gasteiger partial charge is 0.506 e. The third kappa shape index (κ3) is 12.3. The van der Waals surface area contributed by atoms with Crippen molar-refractivity contribution in [3.05, 3.63) is 236 Å². The molecule has 1 aliphatic carbocycles. The number of hydrogen-bond donors (Lipinski definition) is 4. The van der Waals surface area contributed by atoms with Gasteiger partial charge in [0.1, 0.15) is 96.8 Å². The number of para-hydroxylation sites is 6. The number of aromatic nitrogens is 9. The van der Waals surface area contributed by atoms with Gasteiger partial charge in [0.25, 0.3) is 17.7 Å². The molecular formula is C75H65N15O9. The van der Waals surface area contributed by atoms with Crippen molar-refractivity contribution >= 4 is 84.9 Å². The van der Waals surface area contributed by atoms with Gasteiger partial charge < -0.3 is 74.4 Å². The van der Waals surface area contributed by atoms with Crippen LogP contribution in [-0.2, 0) is 6.61 Å². The Bertz CT molecular complexity index is 5210. The molecule has 13 aromatic rings. The summed E-state index contributed by atoms with van der Waals surface area (Å²) in [6, 6.07) is 57.0. The first-order valence-corrected chi connectivity index (χ1v) is 32.3. The van der Waals surface area contributed by atoms with E-state index < -0.39 is 0 Å². The highest BCUT2D eigenvalue weighted by molar-refractivity contribution is 6.13. The van der Waals surface area contributed by atoms with Crippen LogP contribution in [0.5, 0.6) is 34.9 Å². The van der Waals surface area contributed by atoms with Gasteiger partial charge in [-0.25, -0.2) is 29.9 Å². The van der Waals surface area contributed by atoms with Gasteiger partial charge in [0, 0.05) is 51.8 Å². The van der Waals surface area contributed by atoms with E-state index in [0.29, 0.717) is 51.7 Å². The number of amides is 3. The quantitative estimate of drug-likeness (QED) is 0.0935. The van der Waals surface area contributed by atoms with E-state index in [1.54, 1.807) is 26.8 Å². The number of benzene rings is 7. The molecule has 3 aliphatic heterocycles. The third-order valence-corrected chi connectivity index (χ3v) is 17.7. The monoisotopic (exact) mass is 1320 g/mol. The molecule has 494 valence electrons. The molecule has 0 bridgehead atoms. The Balaban J connectivity index is 0.000000122. The number of ether oxygens (including phenoxy) is 5. The summed E-state index contributed by atoms with van der Waals surface area (Å²) in [5, 5.41) is 13.1. The number of rotatable bonds is 11. The number of aromatic hydroxyl groups is 1. The molecule has 24 nitrogen and oxygen atoms in total. The zero-order valence-corrected chi connectivity index (χ0v) is 53.4. The lowest BCUT2D eigenvalue weighted by atomic mass is 10.2. The second-order valence-corrected chi connectivity index (χ2v) is 23.7. The van der Waals surface area contributed by atoms with Gasteiger partial charge in [-0.1, -0.05) is 66.7 Å². The summed E-state index contributed by atoms with van der Waals surface area (Å²) in [6.45, 7) is 2.53. The number of hydrogen-bond acceptors (Lipinski definition) is 18. The molecule has 6 aromatic heterocycles. The van der Waals surface area contributed by atoms with Gasteiger partial charge in [-0.15, -0.1) is 0 Å². The van der Waals surface area contributed by atoms with Crippen LogP contribution in [0.4, 0.5) is 34.5 Å². The normalized spacial score (nSPS) is 14.5. The third-order valence-electron chi connectivity index (χ3n) is 17.7. The molecule has 7 aromatic carbocycles. The molecule has 17 rings (SSSR count). The van der Waals surface area contributed by atoms with Crippen molar-refractivity contribution in [1.82, 2.24) is 43.6 Å². The molecule has 0 radical (unpaired) electrons. The first-order valence-electron chi connectivity index (χ1n) is 32.3. The van der Waals surface area contributed by atoms with Gasteiger partial charge in [0.15, 0.2) is 0 Å². The van der Waals surface area contributed by atoms with E-state index in [9.17, 15) is 19.5 Å². The number of carbonyl (C=O) groups is 3. The fraction of sp³-hybridized carbons (Fsp3) is 0.160. The summed E-state index contributed by atoms with van der Waals surface area (Å²) >= 11 is 0. The summed E-state index contributed by atoms with van der Waals surface area (Å²) in [4.78, 5) is 68.7. The van der Waals surface area contributed by atoms with E-state index >= 15 is 0 Å². The summed E-state index contributed by atoms with van der Waals surface area (Å²) in [5.74, 6) is 2.01. The van der Waals surface area contributed by atoms with Crippen molar-refractivity contribution in [2.45, 2.75) is 38.4 Å². The van der Waals surface area contributed by atoms with E-state index in [2.05, 4.69) is 51.2 Å². The van der Waals surface area contributed by atoms with Crippen LogP contribution in [0.25, 0.3) is 49.8 Å². The minimum absolute atomic E-state index is 0.0960. The fourth-order valence-corrected chi connectivity index (χ4v) is 12.9. The van der Waals surface area contributed by atoms with E-state index in [1.807, 2.05) is 175 Å². The molecule has 1 fully saturated rings. The first kappa shape index (κ1) is 62.1. The maximum atomic E-state index is 13.3. The van der Waals surface area contributed by atoms with Gasteiger partial charge in [0.2, 0.25) is 17.6 Å². The van der Waals surface area contributed by atoms with Crippen molar-refractivity contribution < 1.29 is 43.2 Å². The Kier molecular flexibility index (Phi) is 17.0. The maximum absolute atomic E-state index is 13.3. The number of carbonyl (C=O) groups excluding carboxylic acids is 3. The molecule has 7 N–H and O–H groups in total. The highest BCUT2D eigenvalue weighted by Crippen LogP contribution is 2.38. The highest BCUT2D eigenvalue weighted by atomic mass is 16.5. The second kappa shape index (κ2) is 27.0. The van der Waals surface area contributed by atoms with Crippen LogP contribution in [0, 0.1) is 0 Å². The van der Waals surface area contributed by atoms with Crippen LogP contribution in [-0.4, -0.2) is 112 Å². The second-order valence-electron chi connectivity index (χ2n) is 23.7. The summed E-state index contributed by atoms with van der Waals surface area (Å²) < 4.78 is 35.6. The zero-order valence-electron chi connectivity index (χ0n) is 53.4. The minimum Gasteiger partial charge on any atom is -0.506 e. The summed E-state index contributed by atoms with van der Waals surface area (Å²) in [7, 11) is 0. The number of phenols is 1. The van der Waals surface area contributed by atoms with E-state index in [-0.39, 0.29) is 81.4 Å². The van der Waals surface area contributed by atoms with Crippen LogP contribution in [0.2, 0.25) is 0 Å². The number of anilines is 6. The molecule has 0 saturated heterocycles. The van der Waals surface area contributed by atoms with Gasteiger partial charge in [-0.05, 0) is 140 Å². The standard InChI is InChI=1S/C28H23N5O3.C26H25N5O3.C21H17N5O3/c29-26-25-27(31-18-30-26)35-15-14-32(28(25)34)21-10-11-22-20(16-21)12-13-33(22)23-8-4-5-9-24(23)36-17-19-6-2-1-3-7-19;27-24-23-25(29-16-28-24)33-14-13-30(26(23)32)18-9-10-20-17(15-18)11-12-31(20)21-7-3-4-8-22(21)34-19-5-1-2-6-19;22-19-18-20(24-12-23-19)29-10-9-25(21(18)28)14-5-6-15-13(11-14)7-8-26(15)16-3-1-2-4-17(16)27/h1-13,16,18H,14-15,17H2,(H2,29,30,31);3-4,7-12,15-16,19H,1-2,5-6,13-14H2,(H2,27,28,29);1-8,11-12,27H,9-10H2,(H2,22,23,24). The van der Waals surface area contributed by atoms with Crippen LogP contribution in [0.3, 0.4) is 0 Å². The number of nitrogens with two attached hydrogens (primary N) is 3. The summed E-state index contributed by atoms with van der Waals surface area (Å²) in [5.41, 5.74) is 27.4. The zero-order chi connectivity index (χ0) is 67.5. The van der Waals surface area contributed by atoms with Gasteiger partial charge in [-0.2, -0.15) is 0 Å². The van der Waals surface area contributed by atoms with E-state index in [0.717, 1.165) is 91.0 Å². The lowest BCUT2D eigenvalue weighted by molar-refractivity contribution is 0.0982. The summed E-state index contributed by atoms with van der Waals surface area (Å²) in [6.07, 6.45) is 14.8. The molecule has 3 amide bonds. The smallest absolute Gasteiger partial charge is 0.267 e. The van der Waals surface area contributed by atoms with Gasteiger partial charge in [-0.3, -0.25) is 14.4 Å². The lowest BCUT2D eigenvalue weighted by Crippen LogP contribution is -2.32. The van der Waals surface area contributed by atoms with E-state index in [4.69, 9.17) is 40.9 Å². The Morgan fingerprint density at radius 2 is 0.818 bits per heavy atom. The topological polar surface area (TPSA) is 298 Å². The molecule has 0 unspecified atom stereocenters. The number of nitrogen functional groups attached to an aromatic ring is 3. The average molecular weight is 1320 g/mol. The Labute approximate surface area is 566 Å². The van der Waals surface area contributed by atoms with E-state index in [1.165, 1.54) is 31.8 Å². The van der Waals surface area contributed by atoms with Gasteiger partial charge >= 0.3 is 0 Å². The Hall–Kier alpha value is -13.0. The average Bonchev–Trinajstić information content (AvgIpc) is 1.70. The van der Waals surface area contributed by atoms with Crippen molar-refractivity contribution in [3.8, 4) is 52.0 Å². The van der Waals surface area contributed by atoms with Crippen molar-refractivity contribution in [2.24, 2.45) is 0 Å². The van der Waals surface area contributed by atoms with Crippen molar-refractivity contribution in [3.63, 3.8) is 0 Å². The molecule has 24 heteroatoms. The molecule has 4 aliphatic rings. The Morgan fingerprint density at radius 1 is 0.434 bits per heavy atom. The number of nitrogens with zero attached hydrogens (tertiary/aromatic N) is 12. The minimum atomic E-state index is -0.296. The predicted molar refractivity (Wildman–Crippen MR) is 376 cm³/mol. The number of fused-ring (bicyclic) bond motifs is 6. The fourth-order valence-electron chi connectivity index (χ4n) is 12.9. The lowest BCUT2D eigenvalue weighted by Gasteiger charge is -2.21. The van der Waals surface area contributed by atoms with Crippen LogP contribution in [0.1, 0.15) is 62.3 Å². The van der Waals surface area contributed by atoms with Crippen molar-refractivity contribution in [1.29, 1.82) is 0 Å². The number of phenolic OH excluding ortho intramolecular Hbond substituents is 1. The first-order chi connectivity index (χ1) is 48.5. The van der Waals surface area contributed by atoms with Crippen LogP contribution >= 0.6 is 0 Å². The molecule has 1 saturated carbocycles. The molecule has 9 heterocycles. The Morgan fingerprint density at radius 3 is 1.26 bits per heavy atom. The predicted octanol–water partition coefficient (Wildman–Crippen LogP) is 11.7.